The first-order valence-corrected chi connectivity index (χ1v) is 17.4. The highest BCUT2D eigenvalue weighted by Gasteiger charge is 2.29. The van der Waals surface area contributed by atoms with Crippen molar-refractivity contribution in [3.05, 3.63) is 117 Å². The second-order valence-corrected chi connectivity index (χ2v) is 15.9. The molecule has 43 heavy (non-hydrogen) atoms. The smallest absolute Gasteiger partial charge is 0.263 e. The zero-order valence-corrected chi connectivity index (χ0v) is 28.2. The first kappa shape index (κ1) is 30.0. The van der Waals surface area contributed by atoms with E-state index in [1.54, 1.807) is 0 Å². The van der Waals surface area contributed by atoms with Crippen molar-refractivity contribution in [2.24, 2.45) is 10.8 Å². The minimum absolute atomic E-state index is 0.245. The van der Waals surface area contributed by atoms with Gasteiger partial charge in [0.2, 0.25) is 5.52 Å². The zero-order chi connectivity index (χ0) is 30.2. The van der Waals surface area contributed by atoms with Gasteiger partial charge in [-0.25, -0.2) is 0 Å². The van der Waals surface area contributed by atoms with Crippen LogP contribution >= 0.6 is 23.1 Å². The molecular weight excluding hydrogens is 561 g/mol. The SMILES string of the molecule is CCN1C(=CC2=CC(=CC=CC3=CC(=Cc4sc5ccccc5[n+]4CC)CC(C)(C)C3)CC(C)(C)C2)Sc2ccccc21. The highest BCUT2D eigenvalue weighted by molar-refractivity contribution is 8.03. The molecule has 0 N–H and O–H groups in total. The zero-order valence-electron chi connectivity index (χ0n) is 26.6. The van der Waals surface area contributed by atoms with Crippen molar-refractivity contribution in [2.45, 2.75) is 78.7 Å². The number of thiazole rings is 1. The Bertz CT molecular complexity index is 1720. The first-order chi connectivity index (χ1) is 20.6. The molecule has 2 aliphatic carbocycles. The minimum atomic E-state index is 0.245. The topological polar surface area (TPSA) is 7.12 Å². The van der Waals surface area contributed by atoms with E-state index < -0.39 is 0 Å². The fourth-order valence-electron chi connectivity index (χ4n) is 7.00. The average molecular weight is 606 g/mol. The van der Waals surface area contributed by atoms with Crippen LogP contribution in [0.4, 0.5) is 5.69 Å². The molecule has 2 nitrogen and oxygen atoms in total. The van der Waals surface area contributed by atoms with E-state index >= 15 is 0 Å². The predicted octanol–water partition coefficient (Wildman–Crippen LogP) is 11.0. The summed E-state index contributed by atoms with van der Waals surface area (Å²) in [4.78, 5) is 3.81. The van der Waals surface area contributed by atoms with Crippen LogP contribution in [0.2, 0.25) is 0 Å². The van der Waals surface area contributed by atoms with E-state index in [-0.39, 0.29) is 10.8 Å². The van der Waals surface area contributed by atoms with Gasteiger partial charge in [-0.1, -0.05) is 105 Å². The lowest BCUT2D eigenvalue weighted by molar-refractivity contribution is -0.665. The molecule has 2 aromatic carbocycles. The Morgan fingerprint density at radius 1 is 0.814 bits per heavy atom. The van der Waals surface area contributed by atoms with Gasteiger partial charge >= 0.3 is 0 Å². The molecule has 6 rings (SSSR count). The van der Waals surface area contributed by atoms with Crippen LogP contribution in [0.5, 0.6) is 0 Å². The molecule has 3 aliphatic rings. The molecule has 222 valence electrons. The average Bonchev–Trinajstić information content (AvgIpc) is 3.47. The van der Waals surface area contributed by atoms with Crippen molar-refractivity contribution in [3.8, 4) is 0 Å². The van der Waals surface area contributed by atoms with Crippen LogP contribution in [-0.4, -0.2) is 6.54 Å². The summed E-state index contributed by atoms with van der Waals surface area (Å²) in [5.74, 6) is 0. The monoisotopic (exact) mass is 605 g/mol. The van der Waals surface area contributed by atoms with Gasteiger partial charge < -0.3 is 4.90 Å². The van der Waals surface area contributed by atoms with Crippen LogP contribution < -0.4 is 9.47 Å². The number of aromatic nitrogens is 1. The van der Waals surface area contributed by atoms with Crippen molar-refractivity contribution >= 4 is 45.1 Å². The van der Waals surface area contributed by atoms with Crippen molar-refractivity contribution in [2.75, 3.05) is 11.4 Å². The lowest BCUT2D eigenvalue weighted by atomic mass is 9.74. The van der Waals surface area contributed by atoms with Gasteiger partial charge in [-0.05, 0) is 96.9 Å². The third-order valence-corrected chi connectivity index (χ3v) is 10.8. The predicted molar refractivity (Wildman–Crippen MR) is 188 cm³/mol. The lowest BCUT2D eigenvalue weighted by Crippen LogP contribution is -2.33. The van der Waals surface area contributed by atoms with Crippen LogP contribution in [-0.2, 0) is 6.54 Å². The van der Waals surface area contributed by atoms with Crippen LogP contribution in [0.15, 0.2) is 117 Å². The molecule has 1 aromatic heterocycles. The molecule has 2 heterocycles. The summed E-state index contributed by atoms with van der Waals surface area (Å²) in [6.45, 7) is 16.1. The molecule has 0 bridgehead atoms. The molecule has 4 heteroatoms. The molecule has 0 spiro atoms. The number of rotatable bonds is 6. The number of benzene rings is 2. The second-order valence-electron chi connectivity index (χ2n) is 13.7. The Balaban J connectivity index is 1.26. The van der Waals surface area contributed by atoms with E-state index in [4.69, 9.17) is 0 Å². The third kappa shape index (κ3) is 6.71. The molecular formula is C39H45N2S2+. The molecule has 0 atom stereocenters. The number of allylic oxidation sites excluding steroid dienone is 10. The van der Waals surface area contributed by atoms with E-state index in [9.17, 15) is 0 Å². The number of anilines is 1. The standard InChI is InChI=1S/C39H45N2S2/c1-7-40-32-16-9-11-18-34(32)42-36(40)22-30-20-28(24-38(3,4)26-30)14-13-15-29-21-31(27-39(5,6)25-29)23-37-41(8-2)33-17-10-12-19-35(33)43-37/h9-23H,7-8,24-27H2,1-6H3/q+1. The lowest BCUT2D eigenvalue weighted by Gasteiger charge is -2.31. The highest BCUT2D eigenvalue weighted by Crippen LogP contribution is 2.47. The number of para-hydroxylation sites is 2. The van der Waals surface area contributed by atoms with Crippen LogP contribution in [0, 0.1) is 10.8 Å². The molecule has 0 saturated heterocycles. The molecule has 0 radical (unpaired) electrons. The van der Waals surface area contributed by atoms with Gasteiger partial charge in [0.15, 0.2) is 0 Å². The number of nitrogens with zero attached hydrogens (tertiary/aromatic N) is 2. The number of hydrogen-bond acceptors (Lipinski definition) is 3. The van der Waals surface area contributed by atoms with Gasteiger partial charge in [0.05, 0.1) is 10.7 Å². The summed E-state index contributed by atoms with van der Waals surface area (Å²) in [7, 11) is 0. The molecule has 0 amide bonds. The van der Waals surface area contributed by atoms with E-state index in [0.717, 1.165) is 38.8 Å². The molecule has 0 saturated carbocycles. The van der Waals surface area contributed by atoms with Crippen LogP contribution in [0.1, 0.15) is 72.2 Å². The highest BCUT2D eigenvalue weighted by atomic mass is 32.2. The molecule has 0 fully saturated rings. The second kappa shape index (κ2) is 12.1. The maximum absolute atomic E-state index is 2.45. The normalized spacial score (nSPS) is 22.6. The summed E-state index contributed by atoms with van der Waals surface area (Å²) >= 11 is 3.81. The maximum Gasteiger partial charge on any atom is 0.263 e. The summed E-state index contributed by atoms with van der Waals surface area (Å²) in [5, 5.41) is 2.69. The van der Waals surface area contributed by atoms with Gasteiger partial charge in [0, 0.05) is 23.6 Å². The fraction of sp³-hybridized carbons (Fsp3) is 0.359. The Morgan fingerprint density at radius 2 is 1.51 bits per heavy atom. The molecule has 1 aliphatic heterocycles. The third-order valence-electron chi connectivity index (χ3n) is 8.62. The maximum atomic E-state index is 2.45. The van der Waals surface area contributed by atoms with E-state index in [1.807, 2.05) is 23.1 Å². The minimum Gasteiger partial charge on any atom is -0.335 e. The number of hydrogen-bond donors (Lipinski definition) is 0. The Hall–Kier alpha value is -3.08. The quantitative estimate of drug-likeness (QED) is 0.258. The number of aryl methyl sites for hydroxylation is 1. The Kier molecular flexibility index (Phi) is 8.45. The van der Waals surface area contributed by atoms with E-state index in [0.29, 0.717) is 0 Å². The fourth-order valence-corrected chi connectivity index (χ4v) is 9.41. The summed E-state index contributed by atoms with van der Waals surface area (Å²) < 4.78 is 3.81. The van der Waals surface area contributed by atoms with Crippen molar-refractivity contribution in [1.82, 2.24) is 0 Å². The molecule has 3 aromatic rings. The first-order valence-electron chi connectivity index (χ1n) is 15.8. The van der Waals surface area contributed by atoms with Gasteiger partial charge in [-0.2, -0.15) is 4.57 Å². The van der Waals surface area contributed by atoms with Crippen molar-refractivity contribution in [1.29, 1.82) is 0 Å². The van der Waals surface area contributed by atoms with E-state index in [2.05, 4.69) is 142 Å². The van der Waals surface area contributed by atoms with Crippen LogP contribution in [0.3, 0.4) is 0 Å². The summed E-state index contributed by atoms with van der Waals surface area (Å²) in [5.41, 5.74) is 8.87. The Labute approximate surface area is 266 Å². The van der Waals surface area contributed by atoms with Gasteiger partial charge in [-0.3, -0.25) is 0 Å². The van der Waals surface area contributed by atoms with Gasteiger partial charge in [0.1, 0.15) is 11.2 Å². The summed E-state index contributed by atoms with van der Waals surface area (Å²) in [6, 6.07) is 17.6. The molecule has 0 unspecified atom stereocenters. The summed E-state index contributed by atoms with van der Waals surface area (Å²) in [6.07, 6.45) is 21.2. The van der Waals surface area contributed by atoms with Crippen LogP contribution in [0.25, 0.3) is 16.3 Å². The van der Waals surface area contributed by atoms with Crippen molar-refractivity contribution in [3.63, 3.8) is 0 Å². The number of thioether (sulfide) groups is 1. The van der Waals surface area contributed by atoms with Gasteiger partial charge in [-0.15, -0.1) is 0 Å². The largest absolute Gasteiger partial charge is 0.335 e. The van der Waals surface area contributed by atoms with E-state index in [1.165, 1.54) is 53.1 Å². The van der Waals surface area contributed by atoms with Crippen molar-refractivity contribution < 1.29 is 4.57 Å². The number of fused-ring (bicyclic) bond motifs is 2. The van der Waals surface area contributed by atoms with Gasteiger partial charge in [0.25, 0.3) is 5.01 Å². The Morgan fingerprint density at radius 3 is 2.30 bits per heavy atom.